The maximum absolute atomic E-state index is 12.5. The van der Waals surface area contributed by atoms with Crippen molar-refractivity contribution in [3.8, 4) is 5.75 Å². The summed E-state index contributed by atoms with van der Waals surface area (Å²) in [5.41, 5.74) is 2.94. The Morgan fingerprint density at radius 1 is 1.26 bits per heavy atom. The number of carbonyl (C=O) groups is 1. The Morgan fingerprint density at radius 2 is 2.00 bits per heavy atom. The lowest BCUT2D eigenvalue weighted by atomic mass is 9.99. The van der Waals surface area contributed by atoms with Crippen LogP contribution < -0.4 is 4.74 Å². The molecule has 2 aromatic rings. The fraction of sp³-hybridized carbons (Fsp3) is 0.200. The highest BCUT2D eigenvalue weighted by atomic mass is 79.9. The Bertz CT molecular complexity index is 621. The van der Waals surface area contributed by atoms with Crippen LogP contribution >= 0.6 is 15.9 Å². The van der Waals surface area contributed by atoms with E-state index in [1.54, 1.807) is 25.4 Å². The number of nitrogens with zero attached hydrogens (tertiary/aromatic N) is 1. The smallest absolute Gasteiger partial charge is 0.215 e. The van der Waals surface area contributed by atoms with E-state index < -0.39 is 0 Å². The van der Waals surface area contributed by atoms with Crippen LogP contribution in [0.2, 0.25) is 0 Å². The van der Waals surface area contributed by atoms with Gasteiger partial charge in [0, 0.05) is 10.7 Å². The van der Waals surface area contributed by atoms with Gasteiger partial charge in [-0.05, 0) is 59.1 Å². The molecular formula is C15H14BrNO2. The third kappa shape index (κ3) is 2.84. The normalized spacial score (nSPS) is 10.3. The van der Waals surface area contributed by atoms with Crippen molar-refractivity contribution in [2.75, 3.05) is 7.11 Å². The number of hydrogen-bond donors (Lipinski definition) is 0. The van der Waals surface area contributed by atoms with Crippen molar-refractivity contribution in [2.45, 2.75) is 13.8 Å². The Kier molecular flexibility index (Phi) is 4.00. The zero-order valence-electron chi connectivity index (χ0n) is 11.0. The fourth-order valence-corrected chi connectivity index (χ4v) is 2.25. The molecule has 3 nitrogen and oxygen atoms in total. The van der Waals surface area contributed by atoms with Gasteiger partial charge in [0.2, 0.25) is 5.78 Å². The molecule has 4 heteroatoms. The average Bonchev–Trinajstić information content (AvgIpc) is 2.38. The number of benzene rings is 1. The van der Waals surface area contributed by atoms with E-state index in [1.807, 2.05) is 26.0 Å². The second-order valence-electron chi connectivity index (χ2n) is 4.35. The molecule has 0 saturated heterocycles. The third-order valence-corrected chi connectivity index (χ3v) is 3.32. The summed E-state index contributed by atoms with van der Waals surface area (Å²) in [4.78, 5) is 16.7. The van der Waals surface area contributed by atoms with Gasteiger partial charge >= 0.3 is 0 Å². The maximum atomic E-state index is 12.5. The van der Waals surface area contributed by atoms with E-state index in [1.165, 1.54) is 0 Å². The van der Waals surface area contributed by atoms with Crippen molar-refractivity contribution >= 4 is 21.7 Å². The van der Waals surface area contributed by atoms with Gasteiger partial charge in [0.1, 0.15) is 11.4 Å². The van der Waals surface area contributed by atoms with Gasteiger partial charge in [-0.3, -0.25) is 9.78 Å². The Balaban J connectivity index is 2.52. The number of pyridine rings is 1. The molecule has 0 aliphatic rings. The van der Waals surface area contributed by atoms with Crippen LogP contribution in [0, 0.1) is 13.8 Å². The van der Waals surface area contributed by atoms with E-state index in [0.717, 1.165) is 15.6 Å². The topological polar surface area (TPSA) is 39.2 Å². The molecule has 0 aliphatic carbocycles. The number of aryl methyl sites for hydroxylation is 2. The zero-order chi connectivity index (χ0) is 14.0. The average molecular weight is 320 g/mol. The molecule has 1 heterocycles. The molecule has 0 aliphatic heterocycles. The van der Waals surface area contributed by atoms with E-state index in [-0.39, 0.29) is 5.78 Å². The second-order valence-corrected chi connectivity index (χ2v) is 5.27. The minimum Gasteiger partial charge on any atom is -0.496 e. The highest BCUT2D eigenvalue weighted by molar-refractivity contribution is 9.10. The molecule has 0 atom stereocenters. The van der Waals surface area contributed by atoms with Crippen LogP contribution in [0.1, 0.15) is 27.2 Å². The molecule has 19 heavy (non-hydrogen) atoms. The van der Waals surface area contributed by atoms with Crippen LogP contribution in [0.25, 0.3) is 0 Å². The predicted molar refractivity (Wildman–Crippen MR) is 77.8 cm³/mol. The summed E-state index contributed by atoms with van der Waals surface area (Å²) < 4.78 is 6.16. The molecule has 98 valence electrons. The molecular weight excluding hydrogens is 306 g/mol. The predicted octanol–water partition coefficient (Wildman–Crippen LogP) is 3.70. The first kappa shape index (κ1) is 13.7. The van der Waals surface area contributed by atoms with E-state index in [2.05, 4.69) is 20.9 Å². The minimum atomic E-state index is -0.123. The number of hydrogen-bond acceptors (Lipinski definition) is 3. The van der Waals surface area contributed by atoms with Crippen LogP contribution in [0.3, 0.4) is 0 Å². The molecule has 0 N–H and O–H groups in total. The van der Waals surface area contributed by atoms with Gasteiger partial charge < -0.3 is 4.74 Å². The lowest BCUT2D eigenvalue weighted by molar-refractivity contribution is 0.103. The van der Waals surface area contributed by atoms with Gasteiger partial charge in [-0.25, -0.2) is 0 Å². The summed E-state index contributed by atoms with van der Waals surface area (Å²) in [5, 5.41) is 0. The number of rotatable bonds is 3. The number of ketones is 1. The highest BCUT2D eigenvalue weighted by Gasteiger charge is 2.18. The van der Waals surface area contributed by atoms with E-state index in [9.17, 15) is 4.79 Å². The van der Waals surface area contributed by atoms with Crippen molar-refractivity contribution in [1.82, 2.24) is 4.98 Å². The summed E-state index contributed by atoms with van der Waals surface area (Å²) in [6.45, 7) is 3.88. The van der Waals surface area contributed by atoms with Gasteiger partial charge in [0.15, 0.2) is 0 Å². The number of ether oxygens (including phenoxy) is 1. The third-order valence-electron chi connectivity index (χ3n) is 2.85. The van der Waals surface area contributed by atoms with Crippen LogP contribution in [0.5, 0.6) is 5.75 Å². The molecule has 0 fully saturated rings. The zero-order valence-corrected chi connectivity index (χ0v) is 12.6. The Labute approximate surface area is 120 Å². The van der Waals surface area contributed by atoms with Crippen molar-refractivity contribution in [3.63, 3.8) is 0 Å². The number of halogens is 1. The lowest BCUT2D eigenvalue weighted by Gasteiger charge is -2.11. The van der Waals surface area contributed by atoms with Crippen LogP contribution in [0.4, 0.5) is 0 Å². The Morgan fingerprint density at radius 3 is 2.58 bits per heavy atom. The van der Waals surface area contributed by atoms with Crippen molar-refractivity contribution < 1.29 is 9.53 Å². The summed E-state index contributed by atoms with van der Waals surface area (Å²) in [6, 6.07) is 7.33. The summed E-state index contributed by atoms with van der Waals surface area (Å²) >= 11 is 3.30. The molecule has 1 aromatic carbocycles. The molecule has 0 spiro atoms. The molecule has 0 radical (unpaired) electrons. The summed E-state index contributed by atoms with van der Waals surface area (Å²) in [5.74, 6) is 0.467. The number of carbonyl (C=O) groups excluding carboxylic acids is 1. The van der Waals surface area contributed by atoms with Gasteiger partial charge in [-0.1, -0.05) is 6.07 Å². The molecule has 0 saturated carbocycles. The quantitative estimate of drug-likeness (QED) is 0.810. The van der Waals surface area contributed by atoms with E-state index >= 15 is 0 Å². The minimum absolute atomic E-state index is 0.123. The maximum Gasteiger partial charge on any atom is 0.215 e. The van der Waals surface area contributed by atoms with Gasteiger partial charge in [-0.15, -0.1) is 0 Å². The number of methoxy groups -OCH3 is 1. The lowest BCUT2D eigenvalue weighted by Crippen LogP contribution is -2.08. The van der Waals surface area contributed by atoms with Gasteiger partial charge in [0.05, 0.1) is 12.7 Å². The van der Waals surface area contributed by atoms with E-state index in [0.29, 0.717) is 17.0 Å². The molecule has 0 unspecified atom stereocenters. The highest BCUT2D eigenvalue weighted by Crippen LogP contribution is 2.26. The SMILES string of the molecule is COc1cc(C)cc(C)c1C(=O)c1ccc(Br)cn1. The Hall–Kier alpha value is -1.68. The first-order valence-electron chi connectivity index (χ1n) is 5.84. The molecule has 1 aromatic heterocycles. The first-order chi connectivity index (χ1) is 9.02. The summed E-state index contributed by atoms with van der Waals surface area (Å²) in [6.07, 6.45) is 1.61. The molecule has 0 amide bonds. The first-order valence-corrected chi connectivity index (χ1v) is 6.63. The molecule has 2 rings (SSSR count). The number of aromatic nitrogens is 1. The van der Waals surface area contributed by atoms with Gasteiger partial charge in [0.25, 0.3) is 0 Å². The largest absolute Gasteiger partial charge is 0.496 e. The standard InChI is InChI=1S/C15H14BrNO2/c1-9-6-10(2)14(13(7-9)19-3)15(18)12-5-4-11(16)8-17-12/h4-8H,1-3H3. The van der Waals surface area contributed by atoms with Crippen molar-refractivity contribution in [3.05, 3.63) is 57.3 Å². The van der Waals surface area contributed by atoms with Crippen LogP contribution in [-0.2, 0) is 0 Å². The second kappa shape index (κ2) is 5.53. The monoisotopic (exact) mass is 319 g/mol. The van der Waals surface area contributed by atoms with Crippen molar-refractivity contribution in [1.29, 1.82) is 0 Å². The van der Waals surface area contributed by atoms with Crippen molar-refractivity contribution in [2.24, 2.45) is 0 Å². The van der Waals surface area contributed by atoms with Crippen LogP contribution in [-0.4, -0.2) is 17.9 Å². The summed E-state index contributed by atoms with van der Waals surface area (Å²) in [7, 11) is 1.57. The fourth-order valence-electron chi connectivity index (χ4n) is 2.02. The van der Waals surface area contributed by atoms with Gasteiger partial charge in [-0.2, -0.15) is 0 Å². The van der Waals surface area contributed by atoms with E-state index in [4.69, 9.17) is 4.74 Å². The molecule has 0 bridgehead atoms. The van der Waals surface area contributed by atoms with Crippen LogP contribution in [0.15, 0.2) is 34.9 Å².